The van der Waals surface area contributed by atoms with Crippen LogP contribution in [0.3, 0.4) is 0 Å². The monoisotopic (exact) mass is 263 g/mol. The number of carbonyl (C=O) groups excluding carboxylic acids is 1. The number of rotatable bonds is 9. The number of methoxy groups -OCH3 is 2. The van der Waals surface area contributed by atoms with Gasteiger partial charge >= 0.3 is 5.97 Å². The zero-order chi connectivity index (χ0) is 13.3. The molecule has 0 heterocycles. The fourth-order valence-corrected chi connectivity index (χ4v) is 1.80. The van der Waals surface area contributed by atoms with Crippen LogP contribution in [0.4, 0.5) is 0 Å². The maximum absolute atomic E-state index is 11.5. The van der Waals surface area contributed by atoms with Crippen molar-refractivity contribution in [2.45, 2.75) is 38.3 Å². The third-order valence-corrected chi connectivity index (χ3v) is 3.41. The highest BCUT2D eigenvalue weighted by atomic mass is 32.2. The third-order valence-electron chi connectivity index (χ3n) is 2.77. The summed E-state index contributed by atoms with van der Waals surface area (Å²) in [7, 11) is 3.13. The van der Waals surface area contributed by atoms with Crippen LogP contribution in [0.1, 0.15) is 26.7 Å². The molecule has 0 amide bonds. The summed E-state index contributed by atoms with van der Waals surface area (Å²) >= 11 is 1.73. The Hall–Kier alpha value is -0.260. The number of carbonyl (C=O) groups is 1. The van der Waals surface area contributed by atoms with E-state index in [0.29, 0.717) is 0 Å². The largest absolute Gasteiger partial charge is 0.468 e. The molecule has 0 aromatic heterocycles. The molecule has 5 heteroatoms. The van der Waals surface area contributed by atoms with E-state index in [9.17, 15) is 4.79 Å². The van der Waals surface area contributed by atoms with Gasteiger partial charge in [-0.25, -0.2) is 0 Å². The van der Waals surface area contributed by atoms with Crippen molar-refractivity contribution < 1.29 is 14.3 Å². The lowest BCUT2D eigenvalue weighted by Crippen LogP contribution is -2.40. The van der Waals surface area contributed by atoms with Crippen molar-refractivity contribution in [1.29, 1.82) is 0 Å². The minimum Gasteiger partial charge on any atom is -0.468 e. The van der Waals surface area contributed by atoms with E-state index in [1.807, 2.05) is 20.1 Å². The fourth-order valence-electron chi connectivity index (χ4n) is 1.33. The normalized spacial score (nSPS) is 13.5. The highest BCUT2D eigenvalue weighted by Gasteiger charge is 2.20. The molecule has 0 aromatic rings. The maximum Gasteiger partial charge on any atom is 0.322 e. The van der Waals surface area contributed by atoms with Gasteiger partial charge in [0.25, 0.3) is 0 Å². The minimum absolute atomic E-state index is 0.160. The predicted octanol–water partition coefficient (Wildman–Crippen LogP) is 1.69. The highest BCUT2D eigenvalue weighted by Crippen LogP contribution is 2.12. The quantitative estimate of drug-likeness (QED) is 0.641. The van der Waals surface area contributed by atoms with E-state index in [-0.39, 0.29) is 17.6 Å². The molecular weight excluding hydrogens is 238 g/mol. The number of esters is 1. The van der Waals surface area contributed by atoms with Gasteiger partial charge in [-0.2, -0.15) is 11.8 Å². The summed E-state index contributed by atoms with van der Waals surface area (Å²) in [6, 6.07) is -0.208. The van der Waals surface area contributed by atoms with Gasteiger partial charge in [-0.1, -0.05) is 0 Å². The molecule has 102 valence electrons. The zero-order valence-electron chi connectivity index (χ0n) is 11.5. The van der Waals surface area contributed by atoms with Crippen molar-refractivity contribution in [3.63, 3.8) is 0 Å². The Bertz CT molecular complexity index is 222. The van der Waals surface area contributed by atoms with Crippen LogP contribution in [0.5, 0.6) is 0 Å². The maximum atomic E-state index is 11.5. The van der Waals surface area contributed by atoms with Crippen LogP contribution in [0.25, 0.3) is 0 Å². The average Bonchev–Trinajstić information content (AvgIpc) is 2.32. The zero-order valence-corrected chi connectivity index (χ0v) is 12.4. The van der Waals surface area contributed by atoms with Crippen molar-refractivity contribution in [2.75, 3.05) is 32.8 Å². The second-order valence-corrected chi connectivity index (χ2v) is 5.51. The lowest BCUT2D eigenvalue weighted by Gasteiger charge is -2.24. The van der Waals surface area contributed by atoms with Crippen LogP contribution in [0.2, 0.25) is 0 Å². The molecule has 0 saturated heterocycles. The number of hydrogen-bond donors (Lipinski definition) is 1. The van der Waals surface area contributed by atoms with Gasteiger partial charge in [0.05, 0.1) is 12.7 Å². The Morgan fingerprint density at radius 2 is 2.06 bits per heavy atom. The van der Waals surface area contributed by atoms with Gasteiger partial charge in [0, 0.05) is 7.11 Å². The van der Waals surface area contributed by atoms with E-state index < -0.39 is 0 Å². The summed E-state index contributed by atoms with van der Waals surface area (Å²) in [5.41, 5.74) is -0.160. The van der Waals surface area contributed by atoms with Crippen LogP contribution in [0.15, 0.2) is 0 Å². The molecule has 0 aromatic carbocycles. The molecule has 0 fully saturated rings. The van der Waals surface area contributed by atoms with Crippen LogP contribution >= 0.6 is 11.8 Å². The molecular formula is C12H25NO3S. The highest BCUT2D eigenvalue weighted by molar-refractivity contribution is 7.98. The topological polar surface area (TPSA) is 47.6 Å². The first-order valence-electron chi connectivity index (χ1n) is 5.82. The predicted molar refractivity (Wildman–Crippen MR) is 72.5 cm³/mol. The second kappa shape index (κ2) is 8.78. The summed E-state index contributed by atoms with van der Waals surface area (Å²) < 4.78 is 10.1. The van der Waals surface area contributed by atoms with Crippen LogP contribution in [0, 0.1) is 0 Å². The van der Waals surface area contributed by atoms with E-state index in [1.54, 1.807) is 18.9 Å². The van der Waals surface area contributed by atoms with Gasteiger partial charge in [0.1, 0.15) is 6.04 Å². The molecule has 1 N–H and O–H groups in total. The molecule has 1 atom stereocenters. The number of hydrogen-bond acceptors (Lipinski definition) is 5. The van der Waals surface area contributed by atoms with Crippen molar-refractivity contribution in [3.05, 3.63) is 0 Å². The minimum atomic E-state index is -0.208. The van der Waals surface area contributed by atoms with Gasteiger partial charge in [-0.05, 0) is 45.2 Å². The summed E-state index contributed by atoms with van der Waals surface area (Å²) in [6.45, 7) is 4.81. The Morgan fingerprint density at radius 3 is 2.53 bits per heavy atom. The number of ether oxygens (including phenoxy) is 2. The van der Waals surface area contributed by atoms with E-state index in [4.69, 9.17) is 9.47 Å². The molecule has 0 spiro atoms. The van der Waals surface area contributed by atoms with E-state index >= 15 is 0 Å². The van der Waals surface area contributed by atoms with E-state index in [1.165, 1.54) is 7.11 Å². The van der Waals surface area contributed by atoms with Gasteiger partial charge < -0.3 is 14.8 Å². The summed E-state index contributed by atoms with van der Waals surface area (Å²) in [4.78, 5) is 11.5. The molecule has 17 heavy (non-hydrogen) atoms. The molecule has 0 aliphatic carbocycles. The first-order chi connectivity index (χ1) is 7.96. The van der Waals surface area contributed by atoms with Gasteiger partial charge in [-0.3, -0.25) is 4.79 Å². The van der Waals surface area contributed by atoms with Crippen molar-refractivity contribution >= 4 is 17.7 Å². The summed E-state index contributed by atoms with van der Waals surface area (Å²) in [5, 5.41) is 3.23. The number of thioether (sulfide) groups is 1. The molecule has 0 aliphatic rings. The third kappa shape index (κ3) is 7.63. The Balaban J connectivity index is 4.03. The Labute approximate surface area is 109 Å². The van der Waals surface area contributed by atoms with E-state index in [2.05, 4.69) is 5.32 Å². The molecule has 0 saturated carbocycles. The molecule has 0 bridgehead atoms. The lowest BCUT2D eigenvalue weighted by molar-refractivity contribution is -0.143. The Kier molecular flexibility index (Phi) is 8.64. The Morgan fingerprint density at radius 1 is 1.41 bits per heavy atom. The second-order valence-electron chi connectivity index (χ2n) is 4.53. The van der Waals surface area contributed by atoms with Crippen molar-refractivity contribution in [3.8, 4) is 0 Å². The van der Waals surface area contributed by atoms with Gasteiger partial charge in [0.15, 0.2) is 0 Å². The van der Waals surface area contributed by atoms with Crippen LogP contribution in [-0.4, -0.2) is 50.4 Å². The first kappa shape index (κ1) is 16.7. The van der Waals surface area contributed by atoms with Crippen molar-refractivity contribution in [2.24, 2.45) is 0 Å². The van der Waals surface area contributed by atoms with Gasteiger partial charge in [-0.15, -0.1) is 0 Å². The molecule has 0 unspecified atom stereocenters. The summed E-state index contributed by atoms with van der Waals surface area (Å²) in [5.74, 6) is 0.759. The van der Waals surface area contributed by atoms with Crippen molar-refractivity contribution in [1.82, 2.24) is 5.32 Å². The molecule has 4 nitrogen and oxygen atoms in total. The lowest BCUT2D eigenvalue weighted by atomic mass is 10.1. The van der Waals surface area contributed by atoms with E-state index in [0.717, 1.165) is 25.1 Å². The van der Waals surface area contributed by atoms with Crippen LogP contribution < -0.4 is 5.32 Å². The first-order valence-corrected chi connectivity index (χ1v) is 7.21. The SMILES string of the molecule is COC(=O)[C@H](CCSC)NCCC(C)(C)OC. The molecule has 0 aliphatic heterocycles. The average molecular weight is 263 g/mol. The standard InChI is InChI=1S/C12H25NO3S/c1-12(2,16-4)7-8-13-10(6-9-17-5)11(14)15-3/h10,13H,6-9H2,1-5H3/t10-/m0/s1. The van der Waals surface area contributed by atoms with Gasteiger partial charge in [0.2, 0.25) is 0 Å². The molecule has 0 rings (SSSR count). The smallest absolute Gasteiger partial charge is 0.322 e. The number of nitrogens with one attached hydrogen (secondary N) is 1. The van der Waals surface area contributed by atoms with Crippen LogP contribution in [-0.2, 0) is 14.3 Å². The molecule has 0 radical (unpaired) electrons. The summed E-state index contributed by atoms with van der Waals surface area (Å²) in [6.07, 6.45) is 3.68. The fraction of sp³-hybridized carbons (Fsp3) is 0.917.